The smallest absolute Gasteiger partial charge is 0.382 e. The van der Waals surface area contributed by atoms with Crippen molar-refractivity contribution in [1.82, 2.24) is 4.98 Å². The summed E-state index contributed by atoms with van der Waals surface area (Å²) in [6.07, 6.45) is -12.2. The quantitative estimate of drug-likeness (QED) is 0.448. The van der Waals surface area contributed by atoms with Crippen LogP contribution < -0.4 is 9.80 Å². The lowest BCUT2D eigenvalue weighted by Gasteiger charge is -2.45. The van der Waals surface area contributed by atoms with Crippen LogP contribution in [-0.2, 0) is 12.7 Å². The molecule has 2 atom stereocenters. The molecular weight excluding hydrogens is 472 g/mol. The Balaban J connectivity index is 1.80. The Labute approximate surface area is 198 Å². The Hall–Kier alpha value is -3.27. The monoisotopic (exact) mass is 495 g/mol. The molecule has 1 N–H and O–H groups in total. The van der Waals surface area contributed by atoms with E-state index in [1.807, 2.05) is 30.0 Å². The number of hydrogen-bond donors (Lipinski definition) is 1. The molecule has 35 heavy (non-hydrogen) atoms. The number of para-hydroxylation sites is 2. The molecule has 0 unspecified atom stereocenters. The normalized spacial score (nSPS) is 17.3. The zero-order valence-corrected chi connectivity index (χ0v) is 18.7. The van der Waals surface area contributed by atoms with Crippen LogP contribution in [0.25, 0.3) is 0 Å². The van der Waals surface area contributed by atoms with Gasteiger partial charge in [0.05, 0.1) is 41.8 Å². The van der Waals surface area contributed by atoms with Gasteiger partial charge in [-0.1, -0.05) is 30.3 Å². The largest absolute Gasteiger partial charge is 0.416 e. The number of benzene rings is 2. The van der Waals surface area contributed by atoms with Crippen LogP contribution in [0, 0.1) is 6.92 Å². The van der Waals surface area contributed by atoms with Gasteiger partial charge in [-0.15, -0.1) is 0 Å². The molecule has 1 aromatic heterocycles. The van der Waals surface area contributed by atoms with Crippen molar-refractivity contribution in [2.45, 2.75) is 38.0 Å². The number of pyridine rings is 1. The molecule has 2 aromatic carbocycles. The molecule has 0 aliphatic carbocycles. The number of aromatic nitrogens is 1. The van der Waals surface area contributed by atoms with Crippen molar-refractivity contribution < 1.29 is 31.4 Å². The minimum Gasteiger partial charge on any atom is -0.382 e. The van der Waals surface area contributed by atoms with Gasteiger partial charge in [0.25, 0.3) is 0 Å². The number of aliphatic hydroxyl groups excluding tert-OH is 1. The highest BCUT2D eigenvalue weighted by molar-refractivity contribution is 5.74. The van der Waals surface area contributed by atoms with Crippen LogP contribution in [0.1, 0.15) is 28.6 Å². The standard InChI is InChI=1S/C25H23F6N3O/c1-16-6-4-9-19(32-16)13-33-14-22(17-7-5-8-18(12-17)24(26,27)28)34(15-23(35)25(29,30)31)21-11-3-2-10-20(21)33/h2-12,22-23,35H,13-15H2,1H3/t22-,23+/m0/s1. The number of aliphatic hydroxyl groups is 1. The van der Waals surface area contributed by atoms with Crippen molar-refractivity contribution in [3.63, 3.8) is 0 Å². The van der Waals surface area contributed by atoms with Gasteiger partial charge in [0, 0.05) is 12.2 Å². The van der Waals surface area contributed by atoms with Crippen LogP contribution in [-0.4, -0.2) is 35.5 Å². The lowest BCUT2D eigenvalue weighted by molar-refractivity contribution is -0.200. The minimum absolute atomic E-state index is 0.0958. The van der Waals surface area contributed by atoms with E-state index in [9.17, 15) is 31.4 Å². The molecule has 0 spiro atoms. The van der Waals surface area contributed by atoms with Crippen LogP contribution in [0.4, 0.5) is 37.7 Å². The van der Waals surface area contributed by atoms with Crippen molar-refractivity contribution in [1.29, 1.82) is 0 Å². The number of aryl methyl sites for hydroxylation is 1. The molecule has 1 aliphatic rings. The molecule has 2 heterocycles. The molecular formula is C25H23F6N3O. The Morgan fingerprint density at radius 1 is 0.943 bits per heavy atom. The van der Waals surface area contributed by atoms with Crippen molar-refractivity contribution >= 4 is 11.4 Å². The molecule has 4 nitrogen and oxygen atoms in total. The second kappa shape index (κ2) is 9.41. The highest BCUT2D eigenvalue weighted by Gasteiger charge is 2.43. The number of nitrogens with zero attached hydrogens (tertiary/aromatic N) is 3. The first-order valence-corrected chi connectivity index (χ1v) is 10.9. The molecule has 3 aromatic rings. The number of rotatable bonds is 5. The first-order valence-electron chi connectivity index (χ1n) is 10.9. The summed E-state index contributed by atoms with van der Waals surface area (Å²) in [5.74, 6) is 0. The summed E-state index contributed by atoms with van der Waals surface area (Å²) in [5.41, 5.74) is 1.80. The summed E-state index contributed by atoms with van der Waals surface area (Å²) in [5, 5.41) is 9.87. The summed E-state index contributed by atoms with van der Waals surface area (Å²) < 4.78 is 80.1. The van der Waals surface area contributed by atoms with Crippen molar-refractivity contribution in [2.24, 2.45) is 0 Å². The third kappa shape index (κ3) is 5.53. The molecule has 186 valence electrons. The van der Waals surface area contributed by atoms with Gasteiger partial charge in [0.15, 0.2) is 6.10 Å². The van der Waals surface area contributed by atoms with Gasteiger partial charge >= 0.3 is 12.4 Å². The Morgan fingerprint density at radius 2 is 1.63 bits per heavy atom. The van der Waals surface area contributed by atoms with E-state index in [0.717, 1.165) is 17.8 Å². The Bertz CT molecular complexity index is 1180. The fraction of sp³-hybridized carbons (Fsp3) is 0.320. The zero-order valence-electron chi connectivity index (χ0n) is 18.7. The van der Waals surface area contributed by atoms with Crippen LogP contribution in [0.5, 0.6) is 0 Å². The van der Waals surface area contributed by atoms with Crippen molar-refractivity contribution in [3.8, 4) is 0 Å². The van der Waals surface area contributed by atoms with Crippen molar-refractivity contribution in [3.05, 3.63) is 89.2 Å². The van der Waals surface area contributed by atoms with Gasteiger partial charge in [-0.05, 0) is 48.9 Å². The number of anilines is 2. The highest BCUT2D eigenvalue weighted by Crippen LogP contribution is 2.43. The zero-order chi connectivity index (χ0) is 25.4. The fourth-order valence-corrected chi connectivity index (χ4v) is 4.30. The maximum Gasteiger partial charge on any atom is 0.416 e. The molecule has 0 bridgehead atoms. The predicted molar refractivity (Wildman–Crippen MR) is 120 cm³/mol. The van der Waals surface area contributed by atoms with Gasteiger partial charge in [-0.3, -0.25) is 4.98 Å². The summed E-state index contributed by atoms with van der Waals surface area (Å²) in [7, 11) is 0. The summed E-state index contributed by atoms with van der Waals surface area (Å²) in [6.45, 7) is 1.42. The first kappa shape index (κ1) is 24.8. The van der Waals surface area contributed by atoms with Crippen molar-refractivity contribution in [2.75, 3.05) is 22.9 Å². The molecule has 0 saturated heterocycles. The SMILES string of the molecule is Cc1cccc(CN2C[C@@H](c3cccc(C(F)(F)F)c3)N(C[C@@H](O)C(F)(F)F)c3ccccc32)n1. The van der Waals surface area contributed by atoms with E-state index in [0.29, 0.717) is 23.6 Å². The maximum atomic E-state index is 13.4. The van der Waals surface area contributed by atoms with Crippen LogP contribution in [0.2, 0.25) is 0 Å². The van der Waals surface area contributed by atoms with E-state index >= 15 is 0 Å². The third-order valence-electron chi connectivity index (χ3n) is 5.95. The third-order valence-corrected chi connectivity index (χ3v) is 5.95. The average Bonchev–Trinajstić information content (AvgIpc) is 2.79. The number of hydrogen-bond acceptors (Lipinski definition) is 4. The summed E-state index contributed by atoms with van der Waals surface area (Å²) >= 11 is 0. The molecule has 4 rings (SSSR count). The molecule has 0 amide bonds. The minimum atomic E-state index is -4.88. The van der Waals surface area contributed by atoms with Crippen LogP contribution in [0.3, 0.4) is 0 Å². The molecule has 1 aliphatic heterocycles. The van der Waals surface area contributed by atoms with Crippen LogP contribution in [0.15, 0.2) is 66.7 Å². The second-order valence-corrected chi connectivity index (χ2v) is 8.49. The van der Waals surface area contributed by atoms with E-state index < -0.39 is 36.6 Å². The second-order valence-electron chi connectivity index (χ2n) is 8.49. The Morgan fingerprint density at radius 3 is 2.29 bits per heavy atom. The van der Waals surface area contributed by atoms with E-state index in [1.165, 1.54) is 17.0 Å². The summed E-state index contributed by atoms with van der Waals surface area (Å²) in [4.78, 5) is 7.72. The van der Waals surface area contributed by atoms with Gasteiger partial charge in [-0.25, -0.2) is 0 Å². The highest BCUT2D eigenvalue weighted by atomic mass is 19.4. The summed E-state index contributed by atoms with van der Waals surface area (Å²) in [6, 6.07) is 15.9. The molecule has 10 heteroatoms. The average molecular weight is 495 g/mol. The predicted octanol–water partition coefficient (Wildman–Crippen LogP) is 5.90. The number of fused-ring (bicyclic) bond motifs is 1. The van der Waals surface area contributed by atoms with E-state index in [1.54, 1.807) is 24.3 Å². The topological polar surface area (TPSA) is 39.6 Å². The molecule has 0 fully saturated rings. The fourth-order valence-electron chi connectivity index (χ4n) is 4.30. The first-order chi connectivity index (χ1) is 16.4. The molecule has 0 saturated carbocycles. The van der Waals surface area contributed by atoms with E-state index in [2.05, 4.69) is 4.98 Å². The van der Waals surface area contributed by atoms with Gasteiger partial charge in [0.1, 0.15) is 0 Å². The molecule has 0 radical (unpaired) electrons. The van der Waals surface area contributed by atoms with Gasteiger partial charge in [0.2, 0.25) is 0 Å². The van der Waals surface area contributed by atoms with E-state index in [4.69, 9.17) is 0 Å². The van der Waals surface area contributed by atoms with Crippen LogP contribution >= 0.6 is 0 Å². The van der Waals surface area contributed by atoms with Gasteiger partial charge in [-0.2, -0.15) is 26.3 Å². The maximum absolute atomic E-state index is 13.4. The Kier molecular flexibility index (Phi) is 6.68. The number of alkyl halides is 6. The number of β-amino-alcohol motifs (C(OH)–C–C–N with tert-alkyl or cyclic N) is 1. The lowest BCUT2D eigenvalue weighted by Crippen LogP contribution is -2.49. The number of halogens is 6. The van der Waals surface area contributed by atoms with E-state index in [-0.39, 0.29) is 12.1 Å². The van der Waals surface area contributed by atoms with Gasteiger partial charge < -0.3 is 14.9 Å². The lowest BCUT2D eigenvalue weighted by atomic mass is 9.97.